The molecule has 5 heteroatoms. The number of hydrogen-bond acceptors (Lipinski definition) is 3. The molecule has 4 nitrogen and oxygen atoms in total. The first-order valence-electron chi connectivity index (χ1n) is 6.81. The maximum absolute atomic E-state index is 5.42. The zero-order chi connectivity index (χ0) is 12.4. The molecule has 0 radical (unpaired) electrons. The highest BCUT2D eigenvalue weighted by Crippen LogP contribution is 2.25. The van der Waals surface area contributed by atoms with Crippen molar-refractivity contribution in [3.05, 3.63) is 16.9 Å². The summed E-state index contributed by atoms with van der Waals surface area (Å²) in [6.45, 7) is 5.50. The SMILES string of the molecule is Brc1cnn(C2CCN(CC3CCOCC3)C2)c1. The Morgan fingerprint density at radius 2 is 2.17 bits per heavy atom. The fraction of sp³-hybridized carbons (Fsp3) is 0.769. The molecule has 3 heterocycles. The molecular formula is C13H20BrN3O. The highest BCUT2D eigenvalue weighted by atomic mass is 79.9. The Hall–Kier alpha value is -0.390. The molecule has 1 aromatic heterocycles. The van der Waals surface area contributed by atoms with Gasteiger partial charge in [-0.2, -0.15) is 5.10 Å². The fourth-order valence-electron chi connectivity index (χ4n) is 3.00. The van der Waals surface area contributed by atoms with Crippen LogP contribution in [0.3, 0.4) is 0 Å². The zero-order valence-corrected chi connectivity index (χ0v) is 12.2. The van der Waals surface area contributed by atoms with Crippen LogP contribution < -0.4 is 0 Å². The average Bonchev–Trinajstić information content (AvgIpc) is 2.99. The molecule has 2 fully saturated rings. The molecule has 0 amide bonds. The van der Waals surface area contributed by atoms with Gasteiger partial charge in [0.25, 0.3) is 0 Å². The van der Waals surface area contributed by atoms with Gasteiger partial charge in [-0.3, -0.25) is 4.68 Å². The first kappa shape index (κ1) is 12.6. The van der Waals surface area contributed by atoms with Gasteiger partial charge >= 0.3 is 0 Å². The predicted molar refractivity (Wildman–Crippen MR) is 73.6 cm³/mol. The minimum absolute atomic E-state index is 0.552. The van der Waals surface area contributed by atoms with Crippen LogP contribution in [0.4, 0.5) is 0 Å². The summed E-state index contributed by atoms with van der Waals surface area (Å²) in [7, 11) is 0. The van der Waals surface area contributed by atoms with E-state index < -0.39 is 0 Å². The molecule has 100 valence electrons. The summed E-state index contributed by atoms with van der Waals surface area (Å²) in [6, 6.07) is 0.552. The van der Waals surface area contributed by atoms with E-state index in [0.717, 1.165) is 30.1 Å². The highest BCUT2D eigenvalue weighted by Gasteiger charge is 2.26. The molecule has 0 aromatic carbocycles. The van der Waals surface area contributed by atoms with Crippen LogP contribution in [-0.2, 0) is 4.74 Å². The molecule has 0 aliphatic carbocycles. The van der Waals surface area contributed by atoms with Crippen molar-refractivity contribution in [3.8, 4) is 0 Å². The van der Waals surface area contributed by atoms with Crippen LogP contribution in [0.15, 0.2) is 16.9 Å². The number of aromatic nitrogens is 2. The smallest absolute Gasteiger partial charge is 0.0658 e. The third-order valence-electron chi connectivity index (χ3n) is 4.05. The van der Waals surface area contributed by atoms with Gasteiger partial charge in [-0.15, -0.1) is 0 Å². The molecule has 2 aliphatic rings. The molecule has 1 atom stereocenters. The van der Waals surface area contributed by atoms with E-state index in [-0.39, 0.29) is 0 Å². The zero-order valence-electron chi connectivity index (χ0n) is 10.6. The van der Waals surface area contributed by atoms with E-state index in [1.165, 1.54) is 32.4 Å². The maximum atomic E-state index is 5.42. The lowest BCUT2D eigenvalue weighted by Crippen LogP contribution is -2.31. The van der Waals surface area contributed by atoms with E-state index in [1.54, 1.807) is 0 Å². The van der Waals surface area contributed by atoms with E-state index in [2.05, 4.69) is 36.8 Å². The second kappa shape index (κ2) is 5.72. The summed E-state index contributed by atoms with van der Waals surface area (Å²) in [4.78, 5) is 2.59. The van der Waals surface area contributed by atoms with Crippen molar-refractivity contribution < 1.29 is 4.74 Å². The van der Waals surface area contributed by atoms with Crippen LogP contribution >= 0.6 is 15.9 Å². The van der Waals surface area contributed by atoms with Crippen molar-refractivity contribution in [1.82, 2.24) is 14.7 Å². The van der Waals surface area contributed by atoms with Gasteiger partial charge in [0.05, 0.1) is 16.7 Å². The number of hydrogen-bond donors (Lipinski definition) is 0. The number of rotatable bonds is 3. The van der Waals surface area contributed by atoms with Crippen molar-refractivity contribution >= 4 is 15.9 Å². The number of ether oxygens (including phenoxy) is 1. The number of likely N-dealkylation sites (tertiary alicyclic amines) is 1. The summed E-state index contributed by atoms with van der Waals surface area (Å²) in [6.07, 6.45) is 7.64. The Morgan fingerprint density at radius 3 is 2.89 bits per heavy atom. The van der Waals surface area contributed by atoms with Crippen molar-refractivity contribution in [2.24, 2.45) is 5.92 Å². The third-order valence-corrected chi connectivity index (χ3v) is 4.46. The molecule has 0 spiro atoms. The molecule has 0 N–H and O–H groups in total. The van der Waals surface area contributed by atoms with Gasteiger partial charge in [0.15, 0.2) is 0 Å². The standard InChI is InChI=1S/C13H20BrN3O/c14-12-7-15-17(9-12)13-1-4-16(10-13)8-11-2-5-18-6-3-11/h7,9,11,13H,1-6,8,10H2. The molecule has 2 saturated heterocycles. The van der Waals surface area contributed by atoms with E-state index in [9.17, 15) is 0 Å². The quantitative estimate of drug-likeness (QED) is 0.858. The van der Waals surface area contributed by atoms with Crippen molar-refractivity contribution in [2.45, 2.75) is 25.3 Å². The minimum Gasteiger partial charge on any atom is -0.381 e. The Labute approximate surface area is 116 Å². The van der Waals surface area contributed by atoms with Crippen molar-refractivity contribution in [1.29, 1.82) is 0 Å². The molecule has 0 saturated carbocycles. The summed E-state index contributed by atoms with van der Waals surface area (Å²) in [5.41, 5.74) is 0. The summed E-state index contributed by atoms with van der Waals surface area (Å²) in [5, 5.41) is 4.40. The Kier molecular flexibility index (Phi) is 4.01. The Bertz CT molecular complexity index is 389. The van der Waals surface area contributed by atoms with Gasteiger partial charge in [0.2, 0.25) is 0 Å². The number of nitrogens with zero attached hydrogens (tertiary/aromatic N) is 3. The second-order valence-electron chi connectivity index (χ2n) is 5.40. The van der Waals surface area contributed by atoms with Crippen LogP contribution in [0.25, 0.3) is 0 Å². The first-order chi connectivity index (χ1) is 8.81. The van der Waals surface area contributed by atoms with Crippen molar-refractivity contribution in [3.63, 3.8) is 0 Å². The Balaban J connectivity index is 1.51. The maximum Gasteiger partial charge on any atom is 0.0658 e. The lowest BCUT2D eigenvalue weighted by atomic mass is 10.00. The summed E-state index contributed by atoms with van der Waals surface area (Å²) in [5.74, 6) is 0.835. The molecule has 3 rings (SSSR count). The average molecular weight is 314 g/mol. The molecular weight excluding hydrogens is 294 g/mol. The molecule has 1 aromatic rings. The first-order valence-corrected chi connectivity index (χ1v) is 7.60. The summed E-state index contributed by atoms with van der Waals surface area (Å²) < 4.78 is 8.60. The van der Waals surface area contributed by atoms with E-state index in [4.69, 9.17) is 4.74 Å². The second-order valence-corrected chi connectivity index (χ2v) is 6.31. The normalized spacial score (nSPS) is 26.8. The van der Waals surface area contributed by atoms with E-state index in [1.807, 2.05) is 6.20 Å². The lowest BCUT2D eigenvalue weighted by molar-refractivity contribution is 0.0551. The van der Waals surface area contributed by atoms with Crippen LogP contribution in [-0.4, -0.2) is 47.5 Å². The third kappa shape index (κ3) is 2.95. The summed E-state index contributed by atoms with van der Waals surface area (Å²) >= 11 is 3.46. The van der Waals surface area contributed by atoms with E-state index >= 15 is 0 Å². The van der Waals surface area contributed by atoms with Crippen molar-refractivity contribution in [2.75, 3.05) is 32.8 Å². The molecule has 2 aliphatic heterocycles. The lowest BCUT2D eigenvalue weighted by Gasteiger charge is -2.26. The number of halogens is 1. The topological polar surface area (TPSA) is 30.3 Å². The molecule has 0 bridgehead atoms. The molecule has 18 heavy (non-hydrogen) atoms. The monoisotopic (exact) mass is 313 g/mol. The fourth-order valence-corrected chi connectivity index (χ4v) is 3.30. The minimum atomic E-state index is 0.552. The van der Waals surface area contributed by atoms with Gasteiger partial charge in [0, 0.05) is 39.0 Å². The predicted octanol–water partition coefficient (Wildman–Crippen LogP) is 2.32. The van der Waals surface area contributed by atoms with Gasteiger partial charge in [0.1, 0.15) is 0 Å². The van der Waals surface area contributed by atoms with E-state index in [0.29, 0.717) is 6.04 Å². The Morgan fingerprint density at radius 1 is 1.33 bits per heavy atom. The van der Waals surface area contributed by atoms with Gasteiger partial charge in [-0.1, -0.05) is 0 Å². The largest absolute Gasteiger partial charge is 0.381 e. The van der Waals surface area contributed by atoms with Gasteiger partial charge in [-0.05, 0) is 41.1 Å². The van der Waals surface area contributed by atoms with Gasteiger partial charge < -0.3 is 9.64 Å². The van der Waals surface area contributed by atoms with Crippen LogP contribution in [0.1, 0.15) is 25.3 Å². The van der Waals surface area contributed by atoms with Crippen LogP contribution in [0.2, 0.25) is 0 Å². The van der Waals surface area contributed by atoms with Crippen LogP contribution in [0.5, 0.6) is 0 Å². The van der Waals surface area contributed by atoms with Gasteiger partial charge in [-0.25, -0.2) is 0 Å². The highest BCUT2D eigenvalue weighted by molar-refractivity contribution is 9.10. The molecule has 1 unspecified atom stereocenters. The van der Waals surface area contributed by atoms with Crippen LogP contribution in [0, 0.1) is 5.92 Å².